The second-order valence-electron chi connectivity index (χ2n) is 2.90. The van der Waals surface area contributed by atoms with Crippen LogP contribution < -0.4 is 0 Å². The molecule has 0 aliphatic heterocycles. The summed E-state index contributed by atoms with van der Waals surface area (Å²) in [4.78, 5) is 15.2. The summed E-state index contributed by atoms with van der Waals surface area (Å²) >= 11 is 3.18. The zero-order valence-corrected chi connectivity index (χ0v) is 8.88. The number of imidazole rings is 1. The smallest absolute Gasteiger partial charge is 0.178 e. The van der Waals surface area contributed by atoms with Crippen LogP contribution in [-0.4, -0.2) is 15.2 Å². The summed E-state index contributed by atoms with van der Waals surface area (Å²) in [6.45, 7) is 1.42. The highest BCUT2D eigenvalue weighted by Gasteiger charge is 2.10. The van der Waals surface area contributed by atoms with Crippen molar-refractivity contribution in [2.45, 2.75) is 6.92 Å². The Balaban J connectivity index is 2.85. The Morgan fingerprint density at radius 3 is 3.00 bits per heavy atom. The van der Waals surface area contributed by atoms with Crippen molar-refractivity contribution in [1.29, 1.82) is 0 Å². The fourth-order valence-corrected chi connectivity index (χ4v) is 1.79. The van der Waals surface area contributed by atoms with E-state index in [9.17, 15) is 9.18 Å². The number of carbonyl (C=O) groups is 1. The lowest BCUT2D eigenvalue weighted by molar-refractivity contribution is 0.101. The molecule has 0 spiro atoms. The average Bonchev–Trinajstić information content (AvgIpc) is 2.47. The number of ketones is 1. The van der Waals surface area contributed by atoms with E-state index in [0.29, 0.717) is 15.8 Å². The molecular weight excluding hydrogens is 251 g/mol. The van der Waals surface area contributed by atoms with Crippen LogP contribution in [0.2, 0.25) is 0 Å². The third-order valence-electron chi connectivity index (χ3n) is 1.89. The van der Waals surface area contributed by atoms with Crippen LogP contribution in [0.1, 0.15) is 17.4 Å². The first-order chi connectivity index (χ1) is 6.59. The first kappa shape index (κ1) is 9.33. The van der Waals surface area contributed by atoms with E-state index in [0.717, 1.165) is 0 Å². The van der Waals surface area contributed by atoms with Gasteiger partial charge < -0.3 is 0 Å². The SMILES string of the molecule is CC(=O)c1cnc2c(Br)cc(F)cn12. The fraction of sp³-hybridized carbons (Fsp3) is 0.111. The Labute approximate surface area is 87.7 Å². The molecule has 5 heteroatoms. The lowest BCUT2D eigenvalue weighted by atomic mass is 10.3. The van der Waals surface area contributed by atoms with Gasteiger partial charge in [0.1, 0.15) is 11.5 Å². The van der Waals surface area contributed by atoms with Crippen molar-refractivity contribution >= 4 is 27.4 Å². The molecule has 0 saturated heterocycles. The molecule has 0 atom stereocenters. The van der Waals surface area contributed by atoms with Crippen LogP contribution in [0.4, 0.5) is 4.39 Å². The Kier molecular flexibility index (Phi) is 2.11. The molecule has 2 heterocycles. The molecule has 2 rings (SSSR count). The van der Waals surface area contributed by atoms with Crippen LogP contribution >= 0.6 is 15.9 Å². The van der Waals surface area contributed by atoms with Gasteiger partial charge in [0, 0.05) is 13.1 Å². The van der Waals surface area contributed by atoms with Crippen molar-refractivity contribution in [3.05, 3.63) is 34.4 Å². The molecule has 2 aromatic heterocycles. The number of pyridine rings is 1. The van der Waals surface area contributed by atoms with Crippen LogP contribution in [0.25, 0.3) is 5.65 Å². The molecule has 0 aliphatic rings. The van der Waals surface area contributed by atoms with Crippen molar-refractivity contribution in [1.82, 2.24) is 9.38 Å². The second-order valence-corrected chi connectivity index (χ2v) is 3.75. The van der Waals surface area contributed by atoms with Gasteiger partial charge in [-0.25, -0.2) is 9.37 Å². The highest BCUT2D eigenvalue weighted by Crippen LogP contribution is 2.19. The maximum atomic E-state index is 13.0. The minimum absolute atomic E-state index is 0.144. The van der Waals surface area contributed by atoms with Gasteiger partial charge in [-0.05, 0) is 22.0 Å². The van der Waals surface area contributed by atoms with E-state index >= 15 is 0 Å². The van der Waals surface area contributed by atoms with E-state index in [1.807, 2.05) is 0 Å². The van der Waals surface area contributed by atoms with Gasteiger partial charge in [0.15, 0.2) is 11.4 Å². The highest BCUT2D eigenvalue weighted by molar-refractivity contribution is 9.10. The van der Waals surface area contributed by atoms with Gasteiger partial charge >= 0.3 is 0 Å². The third kappa shape index (κ3) is 1.33. The summed E-state index contributed by atoms with van der Waals surface area (Å²) in [7, 11) is 0. The summed E-state index contributed by atoms with van der Waals surface area (Å²) in [5.74, 6) is -0.556. The maximum Gasteiger partial charge on any atom is 0.178 e. The zero-order chi connectivity index (χ0) is 10.3. The summed E-state index contributed by atoms with van der Waals surface area (Å²) in [6, 6.07) is 1.31. The molecule has 2 aromatic rings. The Morgan fingerprint density at radius 2 is 2.36 bits per heavy atom. The molecule has 0 radical (unpaired) electrons. The lowest BCUT2D eigenvalue weighted by Gasteiger charge is -1.99. The normalized spacial score (nSPS) is 10.8. The van der Waals surface area contributed by atoms with E-state index in [-0.39, 0.29) is 5.78 Å². The number of hydrogen-bond acceptors (Lipinski definition) is 2. The van der Waals surface area contributed by atoms with Crippen molar-refractivity contribution in [3.8, 4) is 0 Å². The van der Waals surface area contributed by atoms with Gasteiger partial charge in [-0.15, -0.1) is 0 Å². The van der Waals surface area contributed by atoms with E-state index in [4.69, 9.17) is 0 Å². The number of aromatic nitrogens is 2. The largest absolute Gasteiger partial charge is 0.293 e. The minimum Gasteiger partial charge on any atom is -0.293 e. The summed E-state index contributed by atoms with van der Waals surface area (Å²) in [6.07, 6.45) is 2.67. The van der Waals surface area contributed by atoms with Crippen LogP contribution in [0.3, 0.4) is 0 Å². The fourth-order valence-electron chi connectivity index (χ4n) is 1.27. The second kappa shape index (κ2) is 3.16. The van der Waals surface area contributed by atoms with E-state index in [2.05, 4.69) is 20.9 Å². The Morgan fingerprint density at radius 1 is 1.64 bits per heavy atom. The average molecular weight is 257 g/mol. The quantitative estimate of drug-likeness (QED) is 0.735. The number of carbonyl (C=O) groups excluding carboxylic acids is 1. The molecule has 0 N–H and O–H groups in total. The zero-order valence-electron chi connectivity index (χ0n) is 7.29. The van der Waals surface area contributed by atoms with Gasteiger partial charge in [0.2, 0.25) is 0 Å². The van der Waals surface area contributed by atoms with Crippen LogP contribution in [-0.2, 0) is 0 Å². The molecule has 0 amide bonds. The van der Waals surface area contributed by atoms with Gasteiger partial charge in [-0.2, -0.15) is 0 Å². The van der Waals surface area contributed by atoms with E-state index in [1.165, 1.54) is 29.8 Å². The number of nitrogens with zero attached hydrogens (tertiary/aromatic N) is 2. The maximum absolute atomic E-state index is 13.0. The molecular formula is C9H6BrFN2O. The highest BCUT2D eigenvalue weighted by atomic mass is 79.9. The van der Waals surface area contributed by atoms with Gasteiger partial charge in [0.05, 0.1) is 10.7 Å². The monoisotopic (exact) mass is 256 g/mol. The van der Waals surface area contributed by atoms with Crippen LogP contribution in [0, 0.1) is 5.82 Å². The van der Waals surface area contributed by atoms with E-state index in [1.54, 1.807) is 0 Å². The number of rotatable bonds is 1. The van der Waals surface area contributed by atoms with Crippen molar-refractivity contribution in [2.75, 3.05) is 0 Å². The Hall–Kier alpha value is -1.23. The van der Waals surface area contributed by atoms with Gasteiger partial charge in [0.25, 0.3) is 0 Å². The van der Waals surface area contributed by atoms with E-state index < -0.39 is 5.82 Å². The predicted octanol–water partition coefficient (Wildman–Crippen LogP) is 2.44. The molecule has 0 aromatic carbocycles. The predicted molar refractivity (Wildman–Crippen MR) is 52.9 cm³/mol. The minimum atomic E-state index is -0.412. The van der Waals surface area contributed by atoms with Crippen molar-refractivity contribution in [3.63, 3.8) is 0 Å². The van der Waals surface area contributed by atoms with Crippen molar-refractivity contribution < 1.29 is 9.18 Å². The molecule has 0 unspecified atom stereocenters. The first-order valence-electron chi connectivity index (χ1n) is 3.92. The lowest BCUT2D eigenvalue weighted by Crippen LogP contribution is -1.99. The molecule has 0 saturated carbocycles. The summed E-state index contributed by atoms with van der Waals surface area (Å²) in [5.41, 5.74) is 0.914. The number of halogens is 2. The number of Topliss-reactive ketones (excluding diaryl/α,β-unsaturated/α-hetero) is 1. The molecule has 14 heavy (non-hydrogen) atoms. The summed E-state index contributed by atoms with van der Waals surface area (Å²) < 4.78 is 15.0. The van der Waals surface area contributed by atoms with Gasteiger partial charge in [-0.1, -0.05) is 0 Å². The van der Waals surface area contributed by atoms with Crippen molar-refractivity contribution in [2.24, 2.45) is 0 Å². The Bertz CT molecular complexity index is 521. The molecule has 72 valence electrons. The summed E-state index contributed by atoms with van der Waals surface area (Å²) in [5, 5.41) is 0. The molecule has 0 fully saturated rings. The first-order valence-corrected chi connectivity index (χ1v) is 4.72. The van der Waals surface area contributed by atoms with Crippen LogP contribution in [0.15, 0.2) is 22.9 Å². The topological polar surface area (TPSA) is 34.4 Å². The molecule has 3 nitrogen and oxygen atoms in total. The standard InChI is InChI=1S/C9H6BrFN2O/c1-5(14)8-3-12-9-7(10)2-6(11)4-13(8)9/h2-4H,1H3. The van der Waals surface area contributed by atoms with Gasteiger partial charge in [-0.3, -0.25) is 9.20 Å². The number of hydrogen-bond donors (Lipinski definition) is 0. The van der Waals surface area contributed by atoms with Crippen LogP contribution in [0.5, 0.6) is 0 Å². The number of fused-ring (bicyclic) bond motifs is 1. The molecule has 0 bridgehead atoms. The molecule has 0 aliphatic carbocycles. The third-order valence-corrected chi connectivity index (χ3v) is 2.47.